The van der Waals surface area contributed by atoms with Crippen molar-refractivity contribution in [2.75, 3.05) is 25.5 Å². The highest BCUT2D eigenvalue weighted by molar-refractivity contribution is 5.93. The highest BCUT2D eigenvalue weighted by Gasteiger charge is 2.19. The summed E-state index contributed by atoms with van der Waals surface area (Å²) in [7, 11) is 1.83. The summed E-state index contributed by atoms with van der Waals surface area (Å²) in [5, 5.41) is 12.0. The molecule has 112 valence electrons. The van der Waals surface area contributed by atoms with Gasteiger partial charge in [-0.2, -0.15) is 0 Å². The van der Waals surface area contributed by atoms with E-state index in [9.17, 15) is 4.79 Å². The van der Waals surface area contributed by atoms with E-state index in [0.717, 1.165) is 11.3 Å². The molecule has 4 nitrogen and oxygen atoms in total. The first kappa shape index (κ1) is 16.7. The van der Waals surface area contributed by atoms with Crippen molar-refractivity contribution in [1.29, 1.82) is 0 Å². The first-order valence-electron chi connectivity index (χ1n) is 6.96. The normalized spacial score (nSPS) is 13.3. The molecule has 1 aromatic carbocycles. The van der Waals surface area contributed by atoms with Gasteiger partial charge in [-0.05, 0) is 31.0 Å². The van der Waals surface area contributed by atoms with Gasteiger partial charge in [-0.3, -0.25) is 9.69 Å². The average Bonchev–Trinajstić information content (AvgIpc) is 2.36. The molecule has 0 aliphatic heterocycles. The van der Waals surface area contributed by atoms with Gasteiger partial charge in [0.05, 0.1) is 13.2 Å². The van der Waals surface area contributed by atoms with E-state index in [0.29, 0.717) is 0 Å². The largest absolute Gasteiger partial charge is 0.395 e. The molecule has 0 aromatic heterocycles. The Bertz CT molecular complexity index is 452. The van der Waals surface area contributed by atoms with Crippen LogP contribution < -0.4 is 5.32 Å². The van der Waals surface area contributed by atoms with Gasteiger partial charge in [0.1, 0.15) is 0 Å². The third-order valence-corrected chi connectivity index (χ3v) is 3.42. The number of nitrogens with zero attached hydrogens (tertiary/aromatic N) is 1. The molecule has 0 aliphatic carbocycles. The second-order valence-corrected chi connectivity index (χ2v) is 6.29. The number of hydrogen-bond donors (Lipinski definition) is 2. The van der Waals surface area contributed by atoms with Crippen LogP contribution in [-0.2, 0) is 10.2 Å². The zero-order valence-corrected chi connectivity index (χ0v) is 13.1. The second kappa shape index (κ2) is 6.86. The molecule has 0 aliphatic rings. The lowest BCUT2D eigenvalue weighted by Gasteiger charge is -2.25. The van der Waals surface area contributed by atoms with E-state index >= 15 is 0 Å². The van der Waals surface area contributed by atoms with Crippen molar-refractivity contribution in [2.45, 2.75) is 39.2 Å². The highest BCUT2D eigenvalue weighted by Crippen LogP contribution is 2.29. The zero-order chi connectivity index (χ0) is 15.3. The predicted octanol–water partition coefficient (Wildman–Crippen LogP) is 2.24. The number of para-hydroxylation sites is 1. The quantitative estimate of drug-likeness (QED) is 0.868. The van der Waals surface area contributed by atoms with E-state index in [4.69, 9.17) is 5.11 Å². The van der Waals surface area contributed by atoms with E-state index in [1.165, 1.54) is 0 Å². The molecule has 1 amide bonds. The Labute approximate surface area is 121 Å². The Morgan fingerprint density at radius 3 is 2.50 bits per heavy atom. The van der Waals surface area contributed by atoms with Crippen molar-refractivity contribution in [3.8, 4) is 0 Å². The molecule has 0 radical (unpaired) electrons. The summed E-state index contributed by atoms with van der Waals surface area (Å²) in [5.74, 6) is -0.0653. The van der Waals surface area contributed by atoms with Crippen LogP contribution >= 0.6 is 0 Å². The molecule has 20 heavy (non-hydrogen) atoms. The molecular weight excluding hydrogens is 252 g/mol. The molecule has 0 saturated heterocycles. The smallest absolute Gasteiger partial charge is 0.238 e. The zero-order valence-electron chi connectivity index (χ0n) is 13.1. The number of anilines is 1. The Morgan fingerprint density at radius 2 is 1.95 bits per heavy atom. The molecule has 0 bridgehead atoms. The van der Waals surface area contributed by atoms with Crippen molar-refractivity contribution < 1.29 is 9.90 Å². The summed E-state index contributed by atoms with van der Waals surface area (Å²) in [6.45, 7) is 8.56. The molecule has 2 N–H and O–H groups in total. The first-order valence-corrected chi connectivity index (χ1v) is 6.96. The van der Waals surface area contributed by atoms with Crippen LogP contribution in [0.1, 0.15) is 33.3 Å². The van der Waals surface area contributed by atoms with Gasteiger partial charge in [0.2, 0.25) is 5.91 Å². The lowest BCUT2D eigenvalue weighted by Crippen LogP contribution is -2.38. The number of benzene rings is 1. The maximum Gasteiger partial charge on any atom is 0.238 e. The third kappa shape index (κ3) is 4.62. The fourth-order valence-electron chi connectivity index (χ4n) is 1.96. The van der Waals surface area contributed by atoms with Crippen LogP contribution in [0.25, 0.3) is 0 Å². The summed E-state index contributed by atoms with van der Waals surface area (Å²) in [6.07, 6.45) is 0. The van der Waals surface area contributed by atoms with Gasteiger partial charge >= 0.3 is 0 Å². The Kier molecular flexibility index (Phi) is 5.72. The number of aliphatic hydroxyl groups excluding tert-OH is 1. The third-order valence-electron chi connectivity index (χ3n) is 3.42. The van der Waals surface area contributed by atoms with Crippen LogP contribution in [0.2, 0.25) is 0 Å². The van der Waals surface area contributed by atoms with Gasteiger partial charge in [-0.1, -0.05) is 39.0 Å². The van der Waals surface area contributed by atoms with E-state index in [1.807, 2.05) is 43.1 Å². The monoisotopic (exact) mass is 278 g/mol. The fraction of sp³-hybridized carbons (Fsp3) is 0.562. The van der Waals surface area contributed by atoms with Crippen LogP contribution in [0, 0.1) is 0 Å². The molecule has 0 heterocycles. The van der Waals surface area contributed by atoms with Crippen molar-refractivity contribution in [3.05, 3.63) is 29.8 Å². The topological polar surface area (TPSA) is 52.6 Å². The summed E-state index contributed by atoms with van der Waals surface area (Å²) in [5.41, 5.74) is 1.95. The number of amides is 1. The van der Waals surface area contributed by atoms with Crippen LogP contribution in [0.15, 0.2) is 24.3 Å². The predicted molar refractivity (Wildman–Crippen MR) is 82.9 cm³/mol. The van der Waals surface area contributed by atoms with Crippen molar-refractivity contribution >= 4 is 11.6 Å². The van der Waals surface area contributed by atoms with Gasteiger partial charge in [0.25, 0.3) is 0 Å². The Hall–Kier alpha value is -1.39. The molecule has 1 aromatic rings. The second-order valence-electron chi connectivity index (χ2n) is 6.29. The van der Waals surface area contributed by atoms with Gasteiger partial charge in [-0.25, -0.2) is 0 Å². The number of likely N-dealkylation sites (N-methyl/N-ethyl adjacent to an activating group) is 1. The van der Waals surface area contributed by atoms with Crippen molar-refractivity contribution in [2.24, 2.45) is 0 Å². The fourth-order valence-corrected chi connectivity index (χ4v) is 1.96. The SMILES string of the molecule is CC(CO)N(C)CC(=O)Nc1ccccc1C(C)(C)C. The molecule has 1 rings (SSSR count). The maximum atomic E-state index is 12.1. The van der Waals surface area contributed by atoms with Crippen molar-refractivity contribution in [1.82, 2.24) is 4.90 Å². The van der Waals surface area contributed by atoms with E-state index in [2.05, 4.69) is 26.1 Å². The molecule has 1 unspecified atom stereocenters. The minimum Gasteiger partial charge on any atom is -0.395 e. The molecular formula is C16H26N2O2. The van der Waals surface area contributed by atoms with Gasteiger partial charge in [-0.15, -0.1) is 0 Å². The minimum atomic E-state index is -0.0653. The molecule has 1 atom stereocenters. The van der Waals surface area contributed by atoms with Gasteiger partial charge < -0.3 is 10.4 Å². The lowest BCUT2D eigenvalue weighted by atomic mass is 9.86. The van der Waals surface area contributed by atoms with E-state index < -0.39 is 0 Å². The number of hydrogen-bond acceptors (Lipinski definition) is 3. The summed E-state index contributed by atoms with van der Waals surface area (Å²) >= 11 is 0. The molecule has 0 spiro atoms. The van der Waals surface area contributed by atoms with E-state index in [1.54, 1.807) is 0 Å². The van der Waals surface area contributed by atoms with Crippen LogP contribution in [0.4, 0.5) is 5.69 Å². The Balaban J connectivity index is 2.77. The summed E-state index contributed by atoms with van der Waals surface area (Å²) in [4.78, 5) is 13.9. The first-order chi connectivity index (χ1) is 9.25. The minimum absolute atomic E-state index is 0.0197. The van der Waals surface area contributed by atoms with Crippen LogP contribution in [0.3, 0.4) is 0 Å². The maximum absolute atomic E-state index is 12.1. The number of nitrogens with one attached hydrogen (secondary N) is 1. The van der Waals surface area contributed by atoms with Crippen LogP contribution in [-0.4, -0.2) is 42.2 Å². The standard InChI is InChI=1S/C16H26N2O2/c1-12(11-19)18(5)10-15(20)17-14-9-7-6-8-13(14)16(2,3)4/h6-9,12,19H,10-11H2,1-5H3,(H,17,20). The highest BCUT2D eigenvalue weighted by atomic mass is 16.3. The average molecular weight is 278 g/mol. The number of rotatable bonds is 5. The van der Waals surface area contributed by atoms with E-state index in [-0.39, 0.29) is 30.5 Å². The number of carbonyl (C=O) groups excluding carboxylic acids is 1. The van der Waals surface area contributed by atoms with Crippen LogP contribution in [0.5, 0.6) is 0 Å². The van der Waals surface area contributed by atoms with Crippen molar-refractivity contribution in [3.63, 3.8) is 0 Å². The lowest BCUT2D eigenvalue weighted by molar-refractivity contribution is -0.117. The summed E-state index contributed by atoms with van der Waals surface area (Å²) in [6, 6.07) is 7.84. The summed E-state index contributed by atoms with van der Waals surface area (Å²) < 4.78 is 0. The molecule has 4 heteroatoms. The number of aliphatic hydroxyl groups is 1. The number of carbonyl (C=O) groups is 1. The van der Waals surface area contributed by atoms with Gasteiger partial charge in [0.15, 0.2) is 0 Å². The molecule has 0 saturated carbocycles. The van der Waals surface area contributed by atoms with Gasteiger partial charge in [0, 0.05) is 11.7 Å². The Morgan fingerprint density at radius 1 is 1.35 bits per heavy atom. The molecule has 0 fully saturated rings.